The van der Waals surface area contributed by atoms with Gasteiger partial charge in [0.25, 0.3) is 5.95 Å². The van der Waals surface area contributed by atoms with Gasteiger partial charge in [-0.05, 0) is 34.1 Å². The molecule has 0 heterocycles. The number of hydrogen-bond donors (Lipinski definition) is 1. The van der Waals surface area contributed by atoms with Gasteiger partial charge < -0.3 is 24.1 Å². The first-order valence-electron chi connectivity index (χ1n) is 12.0. The molecule has 0 unspecified atom stereocenters. The van der Waals surface area contributed by atoms with Crippen LogP contribution in [0.4, 0.5) is 0 Å². The first kappa shape index (κ1) is 28.7. The number of carbonyl (C=O) groups is 1. The summed E-state index contributed by atoms with van der Waals surface area (Å²) in [5.41, 5.74) is -0.0779. The Labute approximate surface area is 184 Å². The largest absolute Gasteiger partial charge is 0.478 e. The Morgan fingerprint density at radius 1 is 0.667 bits per heavy atom. The van der Waals surface area contributed by atoms with Gasteiger partial charge in [0.05, 0.1) is 13.2 Å². The molecule has 0 saturated heterocycles. The van der Waals surface area contributed by atoms with E-state index >= 15 is 0 Å². The standard InChI is InChI=1S/C24H46O6/c1-6-11-12-13-14-15-16-17-18-19-20-24(29-9-4,30-10-5)21(22(25)26)23(27-7-2)28-8-3/h6-20H2,1-5H3,(H,25,26). The maximum atomic E-state index is 12.2. The van der Waals surface area contributed by atoms with Gasteiger partial charge in [-0.25, -0.2) is 4.79 Å². The SMILES string of the molecule is CCCCCCCCCCCCC(OCC)(OCC)C(C(=O)O)=C(OCC)OCC. The Kier molecular flexibility index (Phi) is 17.7. The number of aliphatic carboxylic acids is 1. The molecule has 0 aromatic rings. The minimum absolute atomic E-state index is 0.0125. The highest BCUT2D eigenvalue weighted by Crippen LogP contribution is 2.33. The van der Waals surface area contributed by atoms with E-state index in [1.165, 1.54) is 44.9 Å². The summed E-state index contributed by atoms with van der Waals surface area (Å²) in [5, 5.41) is 9.97. The molecular formula is C24H46O6. The van der Waals surface area contributed by atoms with Crippen LogP contribution in [-0.2, 0) is 23.7 Å². The van der Waals surface area contributed by atoms with Crippen LogP contribution in [0.2, 0.25) is 0 Å². The number of rotatable bonds is 21. The molecule has 0 aliphatic carbocycles. The number of ether oxygens (including phenoxy) is 4. The molecule has 0 aliphatic rings. The zero-order valence-corrected chi connectivity index (χ0v) is 20.1. The summed E-state index contributed by atoms with van der Waals surface area (Å²) in [6, 6.07) is 0. The summed E-state index contributed by atoms with van der Waals surface area (Å²) in [4.78, 5) is 12.2. The fourth-order valence-corrected chi connectivity index (χ4v) is 3.62. The summed E-state index contributed by atoms with van der Waals surface area (Å²) in [7, 11) is 0. The van der Waals surface area contributed by atoms with Gasteiger partial charge >= 0.3 is 5.97 Å². The zero-order valence-electron chi connectivity index (χ0n) is 20.1. The Morgan fingerprint density at radius 2 is 1.10 bits per heavy atom. The van der Waals surface area contributed by atoms with E-state index in [2.05, 4.69) is 6.92 Å². The second-order valence-corrected chi connectivity index (χ2v) is 7.38. The van der Waals surface area contributed by atoms with E-state index in [1.807, 2.05) is 13.8 Å². The van der Waals surface area contributed by atoms with Crippen molar-refractivity contribution >= 4 is 5.97 Å². The molecule has 0 aromatic carbocycles. The Morgan fingerprint density at radius 3 is 1.47 bits per heavy atom. The van der Waals surface area contributed by atoms with Crippen molar-refractivity contribution in [2.75, 3.05) is 26.4 Å². The normalized spacial score (nSPS) is 11.4. The van der Waals surface area contributed by atoms with Crippen molar-refractivity contribution in [3.05, 3.63) is 11.5 Å². The Bertz CT molecular complexity index is 447. The quantitative estimate of drug-likeness (QED) is 0.0978. The number of carboxylic acid groups (broad SMARTS) is 1. The van der Waals surface area contributed by atoms with Gasteiger partial charge in [0.15, 0.2) is 5.57 Å². The lowest BCUT2D eigenvalue weighted by Gasteiger charge is -2.34. The van der Waals surface area contributed by atoms with Crippen molar-refractivity contribution < 1.29 is 28.8 Å². The van der Waals surface area contributed by atoms with Crippen LogP contribution in [0.1, 0.15) is 105 Å². The van der Waals surface area contributed by atoms with Gasteiger partial charge in [-0.15, -0.1) is 0 Å². The molecule has 178 valence electrons. The summed E-state index contributed by atoms with van der Waals surface area (Å²) < 4.78 is 22.9. The van der Waals surface area contributed by atoms with Crippen LogP contribution in [0.15, 0.2) is 11.5 Å². The van der Waals surface area contributed by atoms with Crippen LogP contribution in [0, 0.1) is 0 Å². The third kappa shape index (κ3) is 11.2. The minimum Gasteiger partial charge on any atom is -0.478 e. The monoisotopic (exact) mass is 430 g/mol. The molecule has 0 amide bonds. The van der Waals surface area contributed by atoms with E-state index in [0.29, 0.717) is 32.8 Å². The molecule has 0 aliphatic heterocycles. The highest BCUT2D eigenvalue weighted by molar-refractivity contribution is 5.88. The van der Waals surface area contributed by atoms with Gasteiger partial charge in [-0.3, -0.25) is 0 Å². The van der Waals surface area contributed by atoms with Crippen molar-refractivity contribution in [2.24, 2.45) is 0 Å². The van der Waals surface area contributed by atoms with Crippen molar-refractivity contribution in [1.82, 2.24) is 0 Å². The first-order chi connectivity index (χ1) is 14.5. The topological polar surface area (TPSA) is 74.2 Å². The van der Waals surface area contributed by atoms with Crippen LogP contribution in [-0.4, -0.2) is 43.3 Å². The van der Waals surface area contributed by atoms with Gasteiger partial charge in [-0.1, -0.05) is 64.7 Å². The second-order valence-electron chi connectivity index (χ2n) is 7.38. The summed E-state index contributed by atoms with van der Waals surface area (Å²) >= 11 is 0. The lowest BCUT2D eigenvalue weighted by atomic mass is 9.97. The zero-order chi connectivity index (χ0) is 22.7. The molecule has 0 fully saturated rings. The lowest BCUT2D eigenvalue weighted by molar-refractivity contribution is -0.218. The van der Waals surface area contributed by atoms with Crippen LogP contribution in [0.5, 0.6) is 0 Å². The molecule has 6 heteroatoms. The third-order valence-corrected chi connectivity index (χ3v) is 4.96. The molecule has 0 spiro atoms. The van der Waals surface area contributed by atoms with Gasteiger partial charge in [-0.2, -0.15) is 0 Å². The van der Waals surface area contributed by atoms with Crippen LogP contribution < -0.4 is 0 Å². The van der Waals surface area contributed by atoms with E-state index in [0.717, 1.165) is 19.3 Å². The molecule has 0 bridgehead atoms. The molecule has 30 heavy (non-hydrogen) atoms. The third-order valence-electron chi connectivity index (χ3n) is 4.96. The lowest BCUT2D eigenvalue weighted by Crippen LogP contribution is -2.43. The van der Waals surface area contributed by atoms with E-state index < -0.39 is 11.8 Å². The van der Waals surface area contributed by atoms with Gasteiger partial charge in [0, 0.05) is 19.6 Å². The Hall–Kier alpha value is -1.27. The van der Waals surface area contributed by atoms with Crippen molar-refractivity contribution in [3.8, 4) is 0 Å². The first-order valence-corrected chi connectivity index (χ1v) is 12.0. The fraction of sp³-hybridized carbons (Fsp3) is 0.875. The average molecular weight is 431 g/mol. The molecule has 0 aromatic heterocycles. The minimum atomic E-state index is -1.37. The molecule has 0 saturated carbocycles. The van der Waals surface area contributed by atoms with Gasteiger partial charge in [0.1, 0.15) is 0 Å². The maximum absolute atomic E-state index is 12.2. The second kappa shape index (κ2) is 18.5. The van der Waals surface area contributed by atoms with Crippen LogP contribution in [0.25, 0.3) is 0 Å². The predicted molar refractivity (Wildman–Crippen MR) is 120 cm³/mol. The van der Waals surface area contributed by atoms with Crippen molar-refractivity contribution in [3.63, 3.8) is 0 Å². The summed E-state index contributed by atoms with van der Waals surface area (Å²) in [5.74, 6) is -2.52. The smallest absolute Gasteiger partial charge is 0.344 e. The molecule has 0 rings (SSSR count). The molecular weight excluding hydrogens is 384 g/mol. The number of hydrogen-bond acceptors (Lipinski definition) is 5. The predicted octanol–water partition coefficient (Wildman–Crippen LogP) is 6.44. The summed E-state index contributed by atoms with van der Waals surface area (Å²) in [6.07, 6.45) is 12.5. The van der Waals surface area contributed by atoms with Crippen molar-refractivity contribution in [2.45, 2.75) is 111 Å². The van der Waals surface area contributed by atoms with E-state index in [1.54, 1.807) is 13.8 Å². The number of carboxylic acids is 1. The molecule has 1 N–H and O–H groups in total. The molecule has 0 radical (unpaired) electrons. The van der Waals surface area contributed by atoms with Gasteiger partial charge in [0.2, 0.25) is 5.79 Å². The maximum Gasteiger partial charge on any atom is 0.344 e. The van der Waals surface area contributed by atoms with Crippen molar-refractivity contribution in [1.29, 1.82) is 0 Å². The van der Waals surface area contributed by atoms with E-state index in [-0.39, 0.29) is 11.5 Å². The molecule has 0 atom stereocenters. The highest BCUT2D eigenvalue weighted by Gasteiger charge is 2.44. The summed E-state index contributed by atoms with van der Waals surface area (Å²) in [6.45, 7) is 10.8. The van der Waals surface area contributed by atoms with E-state index in [9.17, 15) is 9.90 Å². The highest BCUT2D eigenvalue weighted by atomic mass is 16.7. The van der Waals surface area contributed by atoms with Crippen LogP contribution in [0.3, 0.4) is 0 Å². The Balaban J connectivity index is 5.05. The molecule has 6 nitrogen and oxygen atoms in total. The average Bonchev–Trinajstić information content (AvgIpc) is 2.70. The fourth-order valence-electron chi connectivity index (χ4n) is 3.62. The van der Waals surface area contributed by atoms with E-state index in [4.69, 9.17) is 18.9 Å². The van der Waals surface area contributed by atoms with Crippen LogP contribution >= 0.6 is 0 Å². The number of unbranched alkanes of at least 4 members (excludes halogenated alkanes) is 9.